The molecule has 0 radical (unpaired) electrons. The van der Waals surface area contributed by atoms with Gasteiger partial charge in [-0.3, -0.25) is 4.79 Å². The zero-order valence-electron chi connectivity index (χ0n) is 6.52. The van der Waals surface area contributed by atoms with Gasteiger partial charge in [0, 0.05) is 6.42 Å². The summed E-state index contributed by atoms with van der Waals surface area (Å²) in [5.41, 5.74) is 6.12. The van der Waals surface area contributed by atoms with Crippen molar-refractivity contribution >= 4 is 5.91 Å². The second-order valence-corrected chi connectivity index (χ2v) is 2.63. The monoisotopic (exact) mass is 141 g/mol. The highest BCUT2D eigenvalue weighted by atomic mass is 16.1. The Morgan fingerprint density at radius 3 is 2.30 bits per heavy atom. The summed E-state index contributed by atoms with van der Waals surface area (Å²) in [5.74, 6) is -0.207. The van der Waals surface area contributed by atoms with Crippen molar-refractivity contribution in [1.82, 2.24) is 0 Å². The largest absolute Gasteiger partial charge is 0.370 e. The molecule has 10 heavy (non-hydrogen) atoms. The van der Waals surface area contributed by atoms with E-state index in [1.165, 1.54) is 5.57 Å². The molecule has 1 amide bonds. The van der Waals surface area contributed by atoms with Crippen molar-refractivity contribution < 1.29 is 4.79 Å². The van der Waals surface area contributed by atoms with E-state index in [1.807, 2.05) is 6.92 Å². The smallest absolute Gasteiger partial charge is 0.217 e. The van der Waals surface area contributed by atoms with Crippen LogP contribution < -0.4 is 5.73 Å². The summed E-state index contributed by atoms with van der Waals surface area (Å²) in [6, 6.07) is 0. The molecule has 0 aromatic heterocycles. The number of nitrogens with two attached hydrogens (primary N) is 1. The van der Waals surface area contributed by atoms with E-state index in [4.69, 9.17) is 5.73 Å². The second-order valence-electron chi connectivity index (χ2n) is 2.63. The van der Waals surface area contributed by atoms with Crippen LogP contribution in [0.2, 0.25) is 0 Å². The lowest BCUT2D eigenvalue weighted by Gasteiger charge is -1.96. The molecule has 2 nitrogen and oxygen atoms in total. The lowest BCUT2D eigenvalue weighted by molar-refractivity contribution is -0.118. The van der Waals surface area contributed by atoms with E-state index >= 15 is 0 Å². The Morgan fingerprint density at radius 1 is 1.40 bits per heavy atom. The third kappa shape index (κ3) is 7.21. The molecule has 0 saturated carbocycles. The summed E-state index contributed by atoms with van der Waals surface area (Å²) in [5, 5.41) is 0. The van der Waals surface area contributed by atoms with Crippen LogP contribution in [-0.4, -0.2) is 5.91 Å². The number of unbranched alkanes of at least 4 members (excludes halogenated alkanes) is 1. The van der Waals surface area contributed by atoms with Crippen LogP contribution in [0.15, 0.2) is 12.2 Å². The number of allylic oxidation sites excluding steroid dienone is 1. The van der Waals surface area contributed by atoms with Crippen LogP contribution in [0.1, 0.15) is 32.6 Å². The van der Waals surface area contributed by atoms with Crippen LogP contribution >= 0.6 is 0 Å². The quantitative estimate of drug-likeness (QED) is 0.458. The van der Waals surface area contributed by atoms with Gasteiger partial charge < -0.3 is 5.73 Å². The molecule has 0 aliphatic heterocycles. The number of primary amides is 1. The minimum absolute atomic E-state index is 0.207. The number of carbonyl (C=O) groups is 1. The number of rotatable bonds is 5. The molecule has 2 N–H and O–H groups in total. The molecule has 0 unspecified atom stereocenters. The van der Waals surface area contributed by atoms with Crippen LogP contribution in [0.3, 0.4) is 0 Å². The molecule has 0 bridgehead atoms. The predicted octanol–water partition coefficient (Wildman–Crippen LogP) is 1.61. The molecule has 0 aromatic rings. The van der Waals surface area contributed by atoms with Gasteiger partial charge in [-0.25, -0.2) is 0 Å². The summed E-state index contributed by atoms with van der Waals surface area (Å²) < 4.78 is 0. The first-order valence-corrected chi connectivity index (χ1v) is 3.55. The van der Waals surface area contributed by atoms with Gasteiger partial charge in [0.1, 0.15) is 0 Å². The minimum Gasteiger partial charge on any atom is -0.370 e. The lowest BCUT2D eigenvalue weighted by Crippen LogP contribution is -2.09. The second kappa shape index (κ2) is 5.03. The van der Waals surface area contributed by atoms with Crippen LogP contribution in [0.4, 0.5) is 0 Å². The topological polar surface area (TPSA) is 43.1 Å². The molecule has 0 heterocycles. The number of carbonyl (C=O) groups excluding carboxylic acids is 1. The molecule has 0 aliphatic carbocycles. The standard InChI is InChI=1S/C8H15NO/c1-7(2)5-3-4-6-8(9)10/h1,3-6H2,2H3,(H2,9,10). The van der Waals surface area contributed by atoms with E-state index in [9.17, 15) is 4.79 Å². The van der Waals surface area contributed by atoms with E-state index in [2.05, 4.69) is 6.58 Å². The Hall–Kier alpha value is -0.790. The van der Waals surface area contributed by atoms with E-state index in [0.717, 1.165) is 19.3 Å². The molecule has 2 heteroatoms. The molecule has 0 saturated heterocycles. The fourth-order valence-electron chi connectivity index (χ4n) is 0.726. The maximum atomic E-state index is 10.2. The number of amides is 1. The van der Waals surface area contributed by atoms with Gasteiger partial charge in [0.15, 0.2) is 0 Å². The van der Waals surface area contributed by atoms with E-state index in [1.54, 1.807) is 0 Å². The maximum Gasteiger partial charge on any atom is 0.217 e. The summed E-state index contributed by atoms with van der Waals surface area (Å²) in [6.07, 6.45) is 3.43. The molecule has 58 valence electrons. The third-order valence-electron chi connectivity index (χ3n) is 1.28. The van der Waals surface area contributed by atoms with Crippen molar-refractivity contribution in [1.29, 1.82) is 0 Å². The Kier molecular flexibility index (Phi) is 4.63. The summed E-state index contributed by atoms with van der Waals surface area (Å²) in [6.45, 7) is 5.75. The molecule has 0 aliphatic rings. The highest BCUT2D eigenvalue weighted by molar-refractivity contribution is 5.73. The van der Waals surface area contributed by atoms with Gasteiger partial charge in [-0.2, -0.15) is 0 Å². The van der Waals surface area contributed by atoms with Crippen molar-refractivity contribution in [2.75, 3.05) is 0 Å². The average molecular weight is 141 g/mol. The molecular weight excluding hydrogens is 126 g/mol. The van der Waals surface area contributed by atoms with Crippen LogP contribution in [0.5, 0.6) is 0 Å². The highest BCUT2D eigenvalue weighted by Crippen LogP contribution is 2.04. The predicted molar refractivity (Wildman–Crippen MR) is 42.5 cm³/mol. The lowest BCUT2D eigenvalue weighted by atomic mass is 10.1. The van der Waals surface area contributed by atoms with E-state index in [0.29, 0.717) is 6.42 Å². The first kappa shape index (κ1) is 9.21. The summed E-state index contributed by atoms with van der Waals surface area (Å²) in [7, 11) is 0. The van der Waals surface area contributed by atoms with Crippen molar-refractivity contribution in [2.24, 2.45) is 5.73 Å². The van der Waals surface area contributed by atoms with Crippen LogP contribution in [0.25, 0.3) is 0 Å². The van der Waals surface area contributed by atoms with Crippen molar-refractivity contribution in [3.8, 4) is 0 Å². The van der Waals surface area contributed by atoms with Gasteiger partial charge in [-0.15, -0.1) is 6.58 Å². The Morgan fingerprint density at radius 2 is 1.90 bits per heavy atom. The zero-order chi connectivity index (χ0) is 7.98. The van der Waals surface area contributed by atoms with Crippen molar-refractivity contribution in [2.45, 2.75) is 32.6 Å². The molecule has 0 spiro atoms. The Bertz CT molecular complexity index is 113. The molecule has 0 rings (SSSR count). The van der Waals surface area contributed by atoms with Crippen LogP contribution in [0, 0.1) is 0 Å². The Labute approximate surface area is 62.1 Å². The SMILES string of the molecule is C=C(C)CCCCC(N)=O. The van der Waals surface area contributed by atoms with Gasteiger partial charge in [-0.05, 0) is 26.2 Å². The number of hydrogen-bond acceptors (Lipinski definition) is 1. The zero-order valence-corrected chi connectivity index (χ0v) is 6.52. The summed E-state index contributed by atoms with van der Waals surface area (Å²) >= 11 is 0. The molecule has 0 fully saturated rings. The first-order chi connectivity index (χ1) is 4.63. The van der Waals surface area contributed by atoms with E-state index < -0.39 is 0 Å². The first-order valence-electron chi connectivity index (χ1n) is 3.55. The molecule has 0 aromatic carbocycles. The van der Waals surface area contributed by atoms with Gasteiger partial charge in [-0.1, -0.05) is 5.57 Å². The third-order valence-corrected chi connectivity index (χ3v) is 1.28. The van der Waals surface area contributed by atoms with Crippen molar-refractivity contribution in [3.05, 3.63) is 12.2 Å². The van der Waals surface area contributed by atoms with Gasteiger partial charge in [0.25, 0.3) is 0 Å². The molecule has 0 atom stereocenters. The summed E-state index contributed by atoms with van der Waals surface area (Å²) in [4.78, 5) is 10.2. The number of hydrogen-bond donors (Lipinski definition) is 1. The maximum absolute atomic E-state index is 10.2. The fraction of sp³-hybridized carbons (Fsp3) is 0.625. The van der Waals surface area contributed by atoms with Crippen molar-refractivity contribution in [3.63, 3.8) is 0 Å². The highest BCUT2D eigenvalue weighted by Gasteiger charge is 1.93. The van der Waals surface area contributed by atoms with E-state index in [-0.39, 0.29) is 5.91 Å². The normalized spacial score (nSPS) is 9.30. The van der Waals surface area contributed by atoms with Gasteiger partial charge >= 0.3 is 0 Å². The minimum atomic E-state index is -0.207. The van der Waals surface area contributed by atoms with Gasteiger partial charge in [0.05, 0.1) is 0 Å². The Balaban J connectivity index is 3.06. The molecular formula is C8H15NO. The average Bonchev–Trinajstić information content (AvgIpc) is 1.79. The van der Waals surface area contributed by atoms with Gasteiger partial charge in [0.2, 0.25) is 5.91 Å². The van der Waals surface area contributed by atoms with Crippen LogP contribution in [-0.2, 0) is 4.79 Å². The fourth-order valence-corrected chi connectivity index (χ4v) is 0.726.